The number of carbonyl (C=O) groups excluding carboxylic acids is 3. The number of Topliss-reactive ketones (excluding diaryl/α,β-unsaturated/α-hetero) is 1. The first-order chi connectivity index (χ1) is 11.5. The number of hydrogen-bond acceptors (Lipinski definition) is 4. The lowest BCUT2D eigenvalue weighted by atomic mass is 10.00. The predicted molar refractivity (Wildman–Crippen MR) is 89.2 cm³/mol. The van der Waals surface area contributed by atoms with Gasteiger partial charge >= 0.3 is 6.09 Å². The molecule has 2 rings (SSSR count). The third-order valence-corrected chi connectivity index (χ3v) is 4.07. The molecule has 0 bridgehead atoms. The summed E-state index contributed by atoms with van der Waals surface area (Å²) in [5.74, 6) is -0.275. The lowest BCUT2D eigenvalue weighted by Crippen LogP contribution is -2.46. The Balaban J connectivity index is 1.77. The summed E-state index contributed by atoms with van der Waals surface area (Å²) < 4.78 is 5.07. The summed E-state index contributed by atoms with van der Waals surface area (Å²) in [5, 5.41) is 2.45. The molecule has 1 aromatic rings. The van der Waals surface area contributed by atoms with Crippen molar-refractivity contribution in [1.29, 1.82) is 0 Å². The second kappa shape index (κ2) is 8.47. The van der Waals surface area contributed by atoms with E-state index in [2.05, 4.69) is 5.32 Å². The van der Waals surface area contributed by atoms with Crippen LogP contribution in [0.3, 0.4) is 0 Å². The van der Waals surface area contributed by atoms with Crippen molar-refractivity contribution in [3.8, 4) is 0 Å². The normalized spacial score (nSPS) is 17.0. The minimum atomic E-state index is -0.641. The van der Waals surface area contributed by atoms with Crippen molar-refractivity contribution in [2.45, 2.75) is 39.3 Å². The third-order valence-electron chi connectivity index (χ3n) is 4.07. The van der Waals surface area contributed by atoms with Gasteiger partial charge in [-0.2, -0.15) is 0 Å². The second-order valence-corrected chi connectivity index (χ2v) is 6.22. The summed E-state index contributed by atoms with van der Waals surface area (Å²) in [6.07, 6.45) is 0.868. The van der Waals surface area contributed by atoms with E-state index in [0.717, 1.165) is 12.0 Å². The highest BCUT2D eigenvalue weighted by Crippen LogP contribution is 2.20. The first-order valence-electron chi connectivity index (χ1n) is 8.26. The number of nitrogens with one attached hydrogen (secondary N) is 1. The number of nitrogens with zero attached hydrogens (tertiary/aromatic N) is 1. The molecule has 130 valence electrons. The zero-order valence-corrected chi connectivity index (χ0v) is 14.2. The molecule has 6 nitrogen and oxygen atoms in total. The van der Waals surface area contributed by atoms with E-state index in [-0.39, 0.29) is 36.8 Å². The molecule has 0 aromatic heterocycles. The quantitative estimate of drug-likeness (QED) is 0.866. The Hall–Kier alpha value is -2.37. The van der Waals surface area contributed by atoms with Gasteiger partial charge in [0, 0.05) is 12.5 Å². The van der Waals surface area contributed by atoms with Crippen molar-refractivity contribution >= 4 is 17.8 Å². The van der Waals surface area contributed by atoms with Gasteiger partial charge in [0.15, 0.2) is 5.78 Å². The second-order valence-electron chi connectivity index (χ2n) is 6.22. The van der Waals surface area contributed by atoms with Crippen molar-refractivity contribution in [2.24, 2.45) is 5.92 Å². The van der Waals surface area contributed by atoms with Crippen molar-refractivity contribution in [3.63, 3.8) is 0 Å². The van der Waals surface area contributed by atoms with Gasteiger partial charge in [-0.15, -0.1) is 0 Å². The number of amides is 2. The van der Waals surface area contributed by atoms with E-state index in [4.69, 9.17) is 4.74 Å². The molecule has 1 atom stereocenters. The smallest absolute Gasteiger partial charge is 0.407 e. The largest absolute Gasteiger partial charge is 0.445 e. The van der Waals surface area contributed by atoms with Gasteiger partial charge in [0.05, 0.1) is 6.04 Å². The Labute approximate surface area is 142 Å². The van der Waals surface area contributed by atoms with Crippen molar-refractivity contribution < 1.29 is 19.1 Å². The summed E-state index contributed by atoms with van der Waals surface area (Å²) in [7, 11) is 0. The number of ether oxygens (including phenoxy) is 1. The van der Waals surface area contributed by atoms with Gasteiger partial charge in [-0.1, -0.05) is 44.2 Å². The molecule has 1 aromatic carbocycles. The maximum Gasteiger partial charge on any atom is 0.407 e. The number of rotatable bonds is 6. The van der Waals surface area contributed by atoms with Crippen LogP contribution in [0.4, 0.5) is 4.79 Å². The van der Waals surface area contributed by atoms with E-state index in [9.17, 15) is 14.4 Å². The fraction of sp³-hybridized carbons (Fsp3) is 0.500. The van der Waals surface area contributed by atoms with Crippen LogP contribution in [-0.4, -0.2) is 41.8 Å². The molecule has 0 saturated carbocycles. The highest BCUT2D eigenvalue weighted by molar-refractivity contribution is 5.92. The Kier molecular flexibility index (Phi) is 6.35. The molecule has 1 heterocycles. The molecule has 1 fully saturated rings. The zero-order valence-electron chi connectivity index (χ0n) is 14.2. The van der Waals surface area contributed by atoms with Crippen LogP contribution >= 0.6 is 0 Å². The predicted octanol–water partition coefficient (Wildman–Crippen LogP) is 2.13. The minimum Gasteiger partial charge on any atom is -0.445 e. The van der Waals surface area contributed by atoms with Gasteiger partial charge in [-0.25, -0.2) is 4.79 Å². The number of likely N-dealkylation sites (tertiary alicyclic amines) is 1. The number of benzene rings is 1. The van der Waals surface area contributed by atoms with E-state index in [1.807, 2.05) is 44.2 Å². The number of hydrogen-bond donors (Lipinski definition) is 1. The molecule has 6 heteroatoms. The summed E-state index contributed by atoms with van der Waals surface area (Å²) in [6.45, 7) is 4.22. The molecule has 1 aliphatic rings. The zero-order chi connectivity index (χ0) is 17.5. The van der Waals surface area contributed by atoms with Gasteiger partial charge < -0.3 is 15.0 Å². The first-order valence-corrected chi connectivity index (χ1v) is 8.26. The SMILES string of the molecule is CC(C)C(=O)[C@@H]1CCCN1C(=O)CNC(=O)OCc1ccccc1. The molecule has 0 aliphatic carbocycles. The van der Waals surface area contributed by atoms with Crippen LogP contribution in [-0.2, 0) is 20.9 Å². The van der Waals surface area contributed by atoms with Gasteiger partial charge in [0.25, 0.3) is 0 Å². The number of carbonyl (C=O) groups is 3. The Bertz CT molecular complexity index is 586. The van der Waals surface area contributed by atoms with E-state index in [0.29, 0.717) is 13.0 Å². The summed E-state index contributed by atoms with van der Waals surface area (Å²) in [6, 6.07) is 8.95. The Morgan fingerprint density at radius 2 is 1.96 bits per heavy atom. The number of ketones is 1. The lowest BCUT2D eigenvalue weighted by Gasteiger charge is -2.25. The summed E-state index contributed by atoms with van der Waals surface area (Å²) in [4.78, 5) is 37.7. The van der Waals surface area contributed by atoms with Crippen LogP contribution in [0, 0.1) is 5.92 Å². The van der Waals surface area contributed by atoms with E-state index in [1.165, 1.54) is 0 Å². The molecule has 0 radical (unpaired) electrons. The van der Waals surface area contributed by atoms with Crippen molar-refractivity contribution in [3.05, 3.63) is 35.9 Å². The van der Waals surface area contributed by atoms with E-state index >= 15 is 0 Å². The monoisotopic (exact) mass is 332 g/mol. The van der Waals surface area contributed by atoms with Gasteiger partial charge in [-0.05, 0) is 18.4 Å². The molecule has 1 N–H and O–H groups in total. The molecular formula is C18H24N2O4. The van der Waals surface area contributed by atoms with Crippen LogP contribution < -0.4 is 5.32 Å². The van der Waals surface area contributed by atoms with Crippen LogP contribution in [0.25, 0.3) is 0 Å². The van der Waals surface area contributed by atoms with E-state index < -0.39 is 6.09 Å². The molecule has 24 heavy (non-hydrogen) atoms. The van der Waals surface area contributed by atoms with E-state index in [1.54, 1.807) is 4.90 Å². The first kappa shape index (κ1) is 18.0. The molecule has 0 unspecified atom stereocenters. The van der Waals surface area contributed by atoms with Gasteiger partial charge in [-0.3, -0.25) is 9.59 Å². The molecule has 1 saturated heterocycles. The summed E-state index contributed by atoms with van der Waals surface area (Å²) >= 11 is 0. The maximum absolute atomic E-state index is 12.3. The lowest BCUT2D eigenvalue weighted by molar-refractivity contribution is -0.138. The summed E-state index contributed by atoms with van der Waals surface area (Å²) in [5.41, 5.74) is 0.876. The highest BCUT2D eigenvalue weighted by atomic mass is 16.5. The molecule has 2 amide bonds. The van der Waals surface area contributed by atoms with Crippen molar-refractivity contribution in [2.75, 3.05) is 13.1 Å². The Morgan fingerprint density at radius 1 is 1.25 bits per heavy atom. The van der Waals surface area contributed by atoms with Gasteiger partial charge in [0.2, 0.25) is 5.91 Å². The third kappa shape index (κ3) is 4.81. The van der Waals surface area contributed by atoms with Crippen LogP contribution in [0.1, 0.15) is 32.3 Å². The Morgan fingerprint density at radius 3 is 2.62 bits per heavy atom. The maximum atomic E-state index is 12.3. The van der Waals surface area contributed by atoms with Crippen LogP contribution in [0.5, 0.6) is 0 Å². The topological polar surface area (TPSA) is 75.7 Å². The average Bonchev–Trinajstić information content (AvgIpc) is 3.07. The van der Waals surface area contributed by atoms with Gasteiger partial charge in [0.1, 0.15) is 13.2 Å². The van der Waals surface area contributed by atoms with Crippen LogP contribution in [0.15, 0.2) is 30.3 Å². The highest BCUT2D eigenvalue weighted by Gasteiger charge is 2.34. The molecule has 1 aliphatic heterocycles. The molecular weight excluding hydrogens is 308 g/mol. The van der Waals surface area contributed by atoms with Crippen molar-refractivity contribution in [1.82, 2.24) is 10.2 Å². The molecule has 0 spiro atoms. The fourth-order valence-electron chi connectivity index (χ4n) is 2.77. The average molecular weight is 332 g/mol. The number of alkyl carbamates (subject to hydrolysis) is 1. The standard InChI is InChI=1S/C18H24N2O4/c1-13(2)17(22)15-9-6-10-20(15)16(21)11-19-18(23)24-12-14-7-4-3-5-8-14/h3-5,7-8,13,15H,6,9-12H2,1-2H3,(H,19,23)/t15-/m0/s1. The fourth-order valence-corrected chi connectivity index (χ4v) is 2.77. The minimum absolute atomic E-state index is 0.0764. The van der Waals surface area contributed by atoms with Crippen LogP contribution in [0.2, 0.25) is 0 Å².